The Morgan fingerprint density at radius 3 is 2.88 bits per heavy atom. The molecule has 2 aromatic rings. The van der Waals surface area contributed by atoms with Gasteiger partial charge in [0.2, 0.25) is 0 Å². The van der Waals surface area contributed by atoms with E-state index in [2.05, 4.69) is 39.5 Å². The highest BCUT2D eigenvalue weighted by atomic mass is 32.1. The predicted octanol–water partition coefficient (Wildman–Crippen LogP) is 2.71. The highest BCUT2D eigenvalue weighted by Gasteiger charge is 2.02. The summed E-state index contributed by atoms with van der Waals surface area (Å²) in [5.41, 5.74) is 4.05. The molecule has 0 fully saturated rings. The quantitative estimate of drug-likeness (QED) is 0.884. The molecule has 0 unspecified atom stereocenters. The second-order valence-corrected chi connectivity index (χ2v) is 4.86. The van der Waals surface area contributed by atoms with Crippen LogP contribution in [0.5, 0.6) is 0 Å². The van der Waals surface area contributed by atoms with Gasteiger partial charge in [-0.1, -0.05) is 13.8 Å². The maximum Gasteiger partial charge on any atom is 0.129 e. The standard InChI is InChI=1S/C12H16N4S/c1-9(2)11-5-12(15-7-14-11)13-4-3-10-6-17-8-16-10/h5-9H,3-4H2,1-2H3,(H,13,14,15). The SMILES string of the molecule is CC(C)c1cc(NCCc2cscn2)ncn1. The minimum absolute atomic E-state index is 0.428. The van der Waals surface area contributed by atoms with Crippen molar-refractivity contribution in [3.8, 4) is 0 Å². The summed E-state index contributed by atoms with van der Waals surface area (Å²) >= 11 is 1.63. The van der Waals surface area contributed by atoms with Gasteiger partial charge in [-0.05, 0) is 5.92 Å². The number of rotatable bonds is 5. The van der Waals surface area contributed by atoms with Crippen LogP contribution >= 0.6 is 11.3 Å². The summed E-state index contributed by atoms with van der Waals surface area (Å²) in [5.74, 6) is 1.32. The van der Waals surface area contributed by atoms with Gasteiger partial charge in [-0.3, -0.25) is 0 Å². The second-order valence-electron chi connectivity index (χ2n) is 4.14. The normalized spacial score (nSPS) is 10.8. The molecular formula is C12H16N4S. The van der Waals surface area contributed by atoms with E-state index in [1.807, 2.05) is 11.6 Å². The van der Waals surface area contributed by atoms with Gasteiger partial charge in [0.15, 0.2) is 0 Å². The third-order valence-electron chi connectivity index (χ3n) is 2.45. The molecule has 0 aromatic carbocycles. The molecule has 0 bridgehead atoms. The molecule has 0 radical (unpaired) electrons. The summed E-state index contributed by atoms with van der Waals surface area (Å²) in [4.78, 5) is 12.7. The maximum absolute atomic E-state index is 4.24. The highest BCUT2D eigenvalue weighted by molar-refractivity contribution is 7.07. The highest BCUT2D eigenvalue weighted by Crippen LogP contribution is 2.13. The topological polar surface area (TPSA) is 50.7 Å². The molecular weight excluding hydrogens is 232 g/mol. The lowest BCUT2D eigenvalue weighted by Gasteiger charge is -2.07. The average Bonchev–Trinajstić information content (AvgIpc) is 2.82. The molecule has 0 atom stereocenters. The van der Waals surface area contributed by atoms with Crippen LogP contribution in [-0.2, 0) is 6.42 Å². The van der Waals surface area contributed by atoms with E-state index >= 15 is 0 Å². The summed E-state index contributed by atoms with van der Waals surface area (Å²) < 4.78 is 0. The first kappa shape index (κ1) is 12.0. The molecule has 0 spiro atoms. The Labute approximate surface area is 105 Å². The lowest BCUT2D eigenvalue weighted by atomic mass is 10.1. The van der Waals surface area contributed by atoms with Crippen LogP contribution in [0.25, 0.3) is 0 Å². The second kappa shape index (κ2) is 5.72. The first-order valence-corrected chi connectivity index (χ1v) is 6.63. The van der Waals surface area contributed by atoms with E-state index in [-0.39, 0.29) is 0 Å². The van der Waals surface area contributed by atoms with Gasteiger partial charge in [-0.15, -0.1) is 11.3 Å². The molecule has 2 rings (SSSR count). The fourth-order valence-corrected chi connectivity index (χ4v) is 2.06. The minimum Gasteiger partial charge on any atom is -0.370 e. The zero-order valence-corrected chi connectivity index (χ0v) is 10.9. The van der Waals surface area contributed by atoms with E-state index in [1.54, 1.807) is 17.7 Å². The third-order valence-corrected chi connectivity index (χ3v) is 3.09. The van der Waals surface area contributed by atoms with E-state index < -0.39 is 0 Å². The van der Waals surface area contributed by atoms with E-state index in [9.17, 15) is 0 Å². The van der Waals surface area contributed by atoms with Gasteiger partial charge in [0.25, 0.3) is 0 Å². The third kappa shape index (κ3) is 3.49. The molecule has 2 aromatic heterocycles. The van der Waals surface area contributed by atoms with Gasteiger partial charge in [0.05, 0.1) is 11.2 Å². The van der Waals surface area contributed by atoms with E-state index in [0.29, 0.717) is 5.92 Å². The Morgan fingerprint density at radius 1 is 1.29 bits per heavy atom. The zero-order chi connectivity index (χ0) is 12.1. The number of hydrogen-bond acceptors (Lipinski definition) is 5. The fourth-order valence-electron chi connectivity index (χ4n) is 1.46. The molecule has 1 N–H and O–H groups in total. The van der Waals surface area contributed by atoms with Crippen molar-refractivity contribution in [2.45, 2.75) is 26.2 Å². The van der Waals surface area contributed by atoms with Crippen molar-refractivity contribution in [3.05, 3.63) is 34.7 Å². The van der Waals surface area contributed by atoms with Gasteiger partial charge in [0.1, 0.15) is 12.1 Å². The van der Waals surface area contributed by atoms with Crippen molar-refractivity contribution in [2.24, 2.45) is 0 Å². The number of thiazole rings is 1. The summed E-state index contributed by atoms with van der Waals surface area (Å²) in [7, 11) is 0. The maximum atomic E-state index is 4.24. The number of aromatic nitrogens is 3. The zero-order valence-electron chi connectivity index (χ0n) is 10.1. The monoisotopic (exact) mass is 248 g/mol. The Balaban J connectivity index is 1.88. The summed E-state index contributed by atoms with van der Waals surface area (Å²) in [6.07, 6.45) is 2.53. The average molecular weight is 248 g/mol. The molecule has 90 valence electrons. The molecule has 0 aliphatic carbocycles. The van der Waals surface area contributed by atoms with Crippen LogP contribution in [0.15, 0.2) is 23.3 Å². The van der Waals surface area contributed by atoms with Crippen molar-refractivity contribution in [2.75, 3.05) is 11.9 Å². The van der Waals surface area contributed by atoms with Crippen LogP contribution in [0.4, 0.5) is 5.82 Å². The lowest BCUT2D eigenvalue weighted by molar-refractivity contribution is 0.813. The number of anilines is 1. The minimum atomic E-state index is 0.428. The van der Waals surface area contributed by atoms with Crippen molar-refractivity contribution >= 4 is 17.2 Å². The molecule has 5 heteroatoms. The van der Waals surface area contributed by atoms with E-state index in [4.69, 9.17) is 0 Å². The predicted molar refractivity (Wildman–Crippen MR) is 70.4 cm³/mol. The molecule has 0 amide bonds. The van der Waals surface area contributed by atoms with Gasteiger partial charge in [0, 0.05) is 30.1 Å². The molecule has 0 saturated carbocycles. The first-order valence-electron chi connectivity index (χ1n) is 5.68. The van der Waals surface area contributed by atoms with Crippen molar-refractivity contribution < 1.29 is 0 Å². The van der Waals surface area contributed by atoms with Gasteiger partial charge in [-0.25, -0.2) is 15.0 Å². The van der Waals surface area contributed by atoms with Gasteiger partial charge >= 0.3 is 0 Å². The first-order chi connectivity index (χ1) is 8.25. The number of hydrogen-bond donors (Lipinski definition) is 1. The molecule has 0 saturated heterocycles. The van der Waals surface area contributed by atoms with E-state index in [0.717, 1.165) is 30.2 Å². The molecule has 2 heterocycles. The Kier molecular flexibility index (Phi) is 4.03. The summed E-state index contributed by atoms with van der Waals surface area (Å²) in [6.45, 7) is 5.10. The summed E-state index contributed by atoms with van der Waals surface area (Å²) in [5, 5.41) is 5.36. The van der Waals surface area contributed by atoms with Crippen molar-refractivity contribution in [1.82, 2.24) is 15.0 Å². The largest absolute Gasteiger partial charge is 0.370 e. The molecule has 17 heavy (non-hydrogen) atoms. The summed E-state index contributed by atoms with van der Waals surface area (Å²) in [6, 6.07) is 2.01. The fraction of sp³-hybridized carbons (Fsp3) is 0.417. The van der Waals surface area contributed by atoms with Gasteiger partial charge in [-0.2, -0.15) is 0 Å². The Bertz CT molecular complexity index is 453. The van der Waals surface area contributed by atoms with Crippen molar-refractivity contribution in [1.29, 1.82) is 0 Å². The Morgan fingerprint density at radius 2 is 2.18 bits per heavy atom. The number of nitrogens with zero attached hydrogens (tertiary/aromatic N) is 3. The smallest absolute Gasteiger partial charge is 0.129 e. The lowest BCUT2D eigenvalue weighted by Crippen LogP contribution is -2.07. The Hall–Kier alpha value is -1.49. The molecule has 0 aliphatic rings. The van der Waals surface area contributed by atoms with Crippen LogP contribution in [0, 0.1) is 0 Å². The van der Waals surface area contributed by atoms with Crippen molar-refractivity contribution in [3.63, 3.8) is 0 Å². The van der Waals surface area contributed by atoms with E-state index in [1.165, 1.54) is 0 Å². The van der Waals surface area contributed by atoms with Crippen LogP contribution in [0.3, 0.4) is 0 Å². The molecule has 0 aliphatic heterocycles. The van der Waals surface area contributed by atoms with Gasteiger partial charge < -0.3 is 5.32 Å². The van der Waals surface area contributed by atoms with Crippen LogP contribution in [0.2, 0.25) is 0 Å². The number of nitrogens with one attached hydrogen (secondary N) is 1. The van der Waals surface area contributed by atoms with Crippen LogP contribution in [-0.4, -0.2) is 21.5 Å². The van der Waals surface area contributed by atoms with Crippen LogP contribution < -0.4 is 5.32 Å². The van der Waals surface area contributed by atoms with Crippen LogP contribution in [0.1, 0.15) is 31.2 Å². The molecule has 4 nitrogen and oxygen atoms in total.